The predicted octanol–water partition coefficient (Wildman–Crippen LogP) is 4.25. The van der Waals surface area contributed by atoms with Gasteiger partial charge in [0.2, 0.25) is 5.91 Å². The summed E-state index contributed by atoms with van der Waals surface area (Å²) in [6.45, 7) is 11.0. The van der Waals surface area contributed by atoms with Crippen molar-refractivity contribution in [2.45, 2.75) is 71.6 Å². The molecule has 5 nitrogen and oxygen atoms in total. The van der Waals surface area contributed by atoms with Crippen molar-refractivity contribution in [1.29, 1.82) is 0 Å². The first-order chi connectivity index (χ1) is 14.1. The summed E-state index contributed by atoms with van der Waals surface area (Å²) in [5.74, 6) is 2.85. The minimum atomic E-state index is -0.0726. The van der Waals surface area contributed by atoms with Gasteiger partial charge in [-0.25, -0.2) is 4.98 Å². The van der Waals surface area contributed by atoms with Crippen LogP contribution in [0.15, 0.2) is 0 Å². The summed E-state index contributed by atoms with van der Waals surface area (Å²) in [5, 5.41) is 1.01. The number of aryl methyl sites for hydroxylation is 1. The van der Waals surface area contributed by atoms with Crippen molar-refractivity contribution in [1.82, 2.24) is 14.8 Å². The second-order valence-corrected chi connectivity index (χ2v) is 12.5. The molecular formula is C24H35N3O2S. The van der Waals surface area contributed by atoms with E-state index in [0.29, 0.717) is 32.1 Å². The van der Waals surface area contributed by atoms with Crippen LogP contribution in [0.5, 0.6) is 0 Å². The summed E-state index contributed by atoms with van der Waals surface area (Å²) < 4.78 is 0. The number of aromatic nitrogens is 1. The van der Waals surface area contributed by atoms with Gasteiger partial charge in [0.1, 0.15) is 4.88 Å². The van der Waals surface area contributed by atoms with Crippen LogP contribution in [0.25, 0.3) is 0 Å². The van der Waals surface area contributed by atoms with Crippen LogP contribution in [0, 0.1) is 30.1 Å². The molecule has 1 aromatic heterocycles. The summed E-state index contributed by atoms with van der Waals surface area (Å²) >= 11 is 1.53. The van der Waals surface area contributed by atoms with Crippen LogP contribution >= 0.6 is 11.3 Å². The highest BCUT2D eigenvalue weighted by Gasteiger charge is 2.55. The first kappa shape index (κ1) is 20.5. The van der Waals surface area contributed by atoms with Gasteiger partial charge in [-0.3, -0.25) is 9.59 Å². The first-order valence-electron chi connectivity index (χ1n) is 11.7. The molecule has 4 bridgehead atoms. The van der Waals surface area contributed by atoms with Crippen LogP contribution in [0.4, 0.5) is 0 Å². The summed E-state index contributed by atoms with van der Waals surface area (Å²) in [6, 6.07) is 0. The summed E-state index contributed by atoms with van der Waals surface area (Å²) in [7, 11) is 0. The Kier molecular flexibility index (Phi) is 4.81. The van der Waals surface area contributed by atoms with Gasteiger partial charge in [0.15, 0.2) is 0 Å². The van der Waals surface area contributed by atoms with Crippen LogP contribution in [0.3, 0.4) is 0 Å². The van der Waals surface area contributed by atoms with Crippen LogP contribution < -0.4 is 0 Å². The van der Waals surface area contributed by atoms with E-state index < -0.39 is 0 Å². The molecule has 6 rings (SSSR count). The number of amides is 2. The van der Waals surface area contributed by atoms with Gasteiger partial charge in [0, 0.05) is 31.6 Å². The standard InChI is InChI=1S/C24H35N3O2S/c1-15-19(30-21(25-15)23(2,3)4)20(28)26-5-7-27(8-6-26)22(29)24-12-16-9-17(13-24)11-18(10-16)14-24/h16-18H,5-14H2,1-4H3. The van der Waals surface area contributed by atoms with E-state index in [1.54, 1.807) is 0 Å². The van der Waals surface area contributed by atoms with E-state index >= 15 is 0 Å². The normalized spacial score (nSPS) is 33.3. The van der Waals surface area contributed by atoms with Crippen molar-refractivity contribution in [3.8, 4) is 0 Å². The molecule has 5 fully saturated rings. The van der Waals surface area contributed by atoms with Crippen molar-refractivity contribution in [2.24, 2.45) is 23.2 Å². The van der Waals surface area contributed by atoms with Gasteiger partial charge < -0.3 is 9.80 Å². The number of rotatable bonds is 2. The van der Waals surface area contributed by atoms with Crippen LogP contribution in [-0.4, -0.2) is 52.8 Å². The SMILES string of the molecule is Cc1nc(C(C)(C)C)sc1C(=O)N1CCN(C(=O)C23CC4CC(CC(C4)C2)C3)CC1. The molecule has 1 aromatic rings. The van der Waals surface area contributed by atoms with Gasteiger partial charge in [0.25, 0.3) is 5.91 Å². The molecule has 1 aliphatic heterocycles. The van der Waals surface area contributed by atoms with E-state index in [2.05, 4.69) is 30.7 Å². The minimum Gasteiger partial charge on any atom is -0.339 e. The third-order valence-electron chi connectivity index (χ3n) is 7.98. The monoisotopic (exact) mass is 429 g/mol. The maximum Gasteiger partial charge on any atom is 0.265 e. The third-order valence-corrected chi connectivity index (χ3v) is 9.55. The fourth-order valence-corrected chi connectivity index (χ4v) is 7.97. The first-order valence-corrected chi connectivity index (χ1v) is 12.5. The van der Waals surface area contributed by atoms with Gasteiger partial charge in [-0.15, -0.1) is 11.3 Å². The number of nitrogens with zero attached hydrogens (tertiary/aromatic N) is 3. The van der Waals surface area contributed by atoms with Gasteiger partial charge in [0.05, 0.1) is 16.1 Å². The second kappa shape index (κ2) is 7.04. The number of carbonyl (C=O) groups is 2. The topological polar surface area (TPSA) is 53.5 Å². The van der Waals surface area contributed by atoms with Crippen LogP contribution in [0.2, 0.25) is 0 Å². The van der Waals surface area contributed by atoms with Gasteiger partial charge in [-0.2, -0.15) is 0 Å². The molecule has 0 aromatic carbocycles. The van der Waals surface area contributed by atoms with E-state index in [-0.39, 0.29) is 16.7 Å². The molecule has 30 heavy (non-hydrogen) atoms. The second-order valence-electron chi connectivity index (χ2n) is 11.5. The van der Waals surface area contributed by atoms with E-state index in [1.807, 2.05) is 11.8 Å². The zero-order valence-electron chi connectivity index (χ0n) is 18.9. The van der Waals surface area contributed by atoms with Crippen molar-refractivity contribution in [3.05, 3.63) is 15.6 Å². The highest BCUT2D eigenvalue weighted by atomic mass is 32.1. The molecule has 0 atom stereocenters. The van der Waals surface area contributed by atoms with Crippen LogP contribution in [-0.2, 0) is 10.2 Å². The zero-order chi connectivity index (χ0) is 21.3. The molecule has 5 aliphatic rings. The maximum absolute atomic E-state index is 13.6. The molecule has 2 heterocycles. The number of piperazine rings is 1. The minimum absolute atomic E-state index is 0.0447. The van der Waals surface area contributed by atoms with Crippen molar-refractivity contribution < 1.29 is 9.59 Å². The van der Waals surface area contributed by atoms with Gasteiger partial charge in [-0.05, 0) is 63.2 Å². The summed E-state index contributed by atoms with van der Waals surface area (Å²) in [5.41, 5.74) is 0.718. The largest absolute Gasteiger partial charge is 0.339 e. The Bertz CT molecular complexity index is 825. The fourth-order valence-electron chi connectivity index (χ4n) is 6.88. The lowest BCUT2D eigenvalue weighted by Crippen LogP contribution is -2.58. The molecule has 1 saturated heterocycles. The molecule has 164 valence electrons. The molecule has 6 heteroatoms. The molecule has 0 spiro atoms. The molecule has 4 aliphatic carbocycles. The van der Waals surface area contributed by atoms with Crippen molar-refractivity contribution in [2.75, 3.05) is 26.2 Å². The van der Waals surface area contributed by atoms with Gasteiger partial charge in [-0.1, -0.05) is 20.8 Å². The van der Waals surface area contributed by atoms with Crippen LogP contribution in [0.1, 0.15) is 79.7 Å². The molecular weight excluding hydrogens is 394 g/mol. The Morgan fingerprint density at radius 1 is 0.933 bits per heavy atom. The number of hydrogen-bond donors (Lipinski definition) is 0. The van der Waals surface area contributed by atoms with E-state index in [0.717, 1.165) is 52.6 Å². The predicted molar refractivity (Wildman–Crippen MR) is 119 cm³/mol. The van der Waals surface area contributed by atoms with E-state index in [9.17, 15) is 9.59 Å². The third kappa shape index (κ3) is 3.39. The van der Waals surface area contributed by atoms with E-state index in [4.69, 9.17) is 0 Å². The Balaban J connectivity index is 1.24. The average Bonchev–Trinajstić information content (AvgIpc) is 3.08. The Labute approximate surface area is 184 Å². The fraction of sp³-hybridized carbons (Fsp3) is 0.792. The Morgan fingerprint density at radius 2 is 1.43 bits per heavy atom. The summed E-state index contributed by atoms with van der Waals surface area (Å²) in [4.78, 5) is 36.2. The lowest BCUT2D eigenvalue weighted by Gasteiger charge is -2.57. The molecule has 2 amide bonds. The highest BCUT2D eigenvalue weighted by Crippen LogP contribution is 2.60. The molecule has 0 N–H and O–H groups in total. The van der Waals surface area contributed by atoms with Crippen molar-refractivity contribution >= 4 is 23.2 Å². The lowest BCUT2D eigenvalue weighted by molar-refractivity contribution is -0.159. The number of carbonyl (C=O) groups excluding carboxylic acids is 2. The molecule has 0 unspecified atom stereocenters. The summed E-state index contributed by atoms with van der Waals surface area (Å²) in [6.07, 6.45) is 7.44. The quantitative estimate of drug-likeness (QED) is 0.706. The Morgan fingerprint density at radius 3 is 1.90 bits per heavy atom. The number of thiazole rings is 1. The maximum atomic E-state index is 13.6. The van der Waals surface area contributed by atoms with Crippen molar-refractivity contribution in [3.63, 3.8) is 0 Å². The van der Waals surface area contributed by atoms with E-state index in [1.165, 1.54) is 30.6 Å². The van der Waals surface area contributed by atoms with Gasteiger partial charge >= 0.3 is 0 Å². The molecule has 0 radical (unpaired) electrons. The highest BCUT2D eigenvalue weighted by molar-refractivity contribution is 7.14. The lowest BCUT2D eigenvalue weighted by atomic mass is 9.49. The Hall–Kier alpha value is -1.43. The average molecular weight is 430 g/mol. The number of hydrogen-bond acceptors (Lipinski definition) is 4. The smallest absolute Gasteiger partial charge is 0.265 e. The molecule has 4 saturated carbocycles. The zero-order valence-corrected chi connectivity index (χ0v) is 19.7.